The Morgan fingerprint density at radius 1 is 1.41 bits per heavy atom. The van der Waals surface area contributed by atoms with Crippen LogP contribution in [0.15, 0.2) is 12.1 Å². The molecule has 1 unspecified atom stereocenters. The summed E-state index contributed by atoms with van der Waals surface area (Å²) in [4.78, 5) is 12.7. The van der Waals surface area contributed by atoms with Gasteiger partial charge >= 0.3 is 0 Å². The Morgan fingerprint density at radius 3 is 2.65 bits per heavy atom. The van der Waals surface area contributed by atoms with E-state index in [0.717, 1.165) is 0 Å². The van der Waals surface area contributed by atoms with Gasteiger partial charge in [-0.15, -0.1) is 0 Å². The summed E-state index contributed by atoms with van der Waals surface area (Å²) in [5.74, 6) is 2.36. The van der Waals surface area contributed by atoms with E-state index in [-0.39, 0.29) is 11.0 Å². The van der Waals surface area contributed by atoms with Gasteiger partial charge in [-0.3, -0.25) is 0 Å². The predicted octanol–water partition coefficient (Wildman–Crippen LogP) is -0.928. The van der Waals surface area contributed by atoms with E-state index in [2.05, 4.69) is 0 Å². The van der Waals surface area contributed by atoms with Crippen molar-refractivity contribution in [1.82, 2.24) is 0 Å². The molecule has 5 heteroatoms. The van der Waals surface area contributed by atoms with Crippen LogP contribution in [0.25, 0.3) is 5.76 Å². The highest BCUT2D eigenvalue weighted by Crippen LogP contribution is 2.25. The molecule has 1 aromatic rings. The molecule has 0 aliphatic carbocycles. The van der Waals surface area contributed by atoms with Crippen LogP contribution < -0.4 is 15.3 Å². The average Bonchev–Trinajstić information content (AvgIpc) is 2.60. The summed E-state index contributed by atoms with van der Waals surface area (Å²) in [7, 11) is 4.87. The van der Waals surface area contributed by atoms with E-state index in [9.17, 15) is 9.90 Å². The molecule has 0 radical (unpaired) electrons. The molecular formula is C12H13NO4. The normalized spacial score (nSPS) is 17.9. The fraction of sp³-hybridized carbons (Fsp3) is 0.333. The van der Waals surface area contributed by atoms with Crippen molar-refractivity contribution in [2.75, 3.05) is 26.2 Å². The highest BCUT2D eigenvalue weighted by Gasteiger charge is 2.30. The zero-order valence-corrected chi connectivity index (χ0v) is 9.85. The standard InChI is InChI=1S/C12H13NO4/c1-13-9-5-8(15)4-7(6-14)10(9)11(16-2)12(13)17-3/h4-5,12,15H,1-3H3. The largest absolute Gasteiger partial charge is 0.508 e. The zero-order valence-electron chi connectivity index (χ0n) is 9.85. The lowest BCUT2D eigenvalue weighted by Crippen LogP contribution is -2.30. The SMILES string of the molecule is COC1=c2c(cc(O)cc2=C=O)N(C)C1OC. The summed E-state index contributed by atoms with van der Waals surface area (Å²) < 4.78 is 10.6. The lowest BCUT2D eigenvalue weighted by Gasteiger charge is -2.23. The number of methoxy groups -OCH3 is 2. The molecule has 0 saturated heterocycles. The Bertz CT molecular complexity index is 589. The molecule has 1 heterocycles. The molecular weight excluding hydrogens is 222 g/mol. The van der Waals surface area contributed by atoms with Crippen molar-refractivity contribution >= 4 is 17.4 Å². The van der Waals surface area contributed by atoms with Gasteiger partial charge in [0.1, 0.15) is 11.7 Å². The van der Waals surface area contributed by atoms with E-state index in [0.29, 0.717) is 16.7 Å². The minimum atomic E-state index is -0.399. The first-order chi connectivity index (χ1) is 8.13. The molecule has 0 bridgehead atoms. The molecule has 0 fully saturated rings. The smallest absolute Gasteiger partial charge is 0.188 e. The lowest BCUT2D eigenvalue weighted by molar-refractivity contribution is 0.120. The van der Waals surface area contributed by atoms with Crippen LogP contribution in [0.2, 0.25) is 0 Å². The summed E-state index contributed by atoms with van der Waals surface area (Å²) in [6.45, 7) is 0. The molecule has 0 amide bonds. The fourth-order valence-electron chi connectivity index (χ4n) is 2.12. The van der Waals surface area contributed by atoms with E-state index in [1.165, 1.54) is 13.2 Å². The highest BCUT2D eigenvalue weighted by atomic mass is 16.5. The summed E-state index contributed by atoms with van der Waals surface area (Å²) in [5, 5.41) is 10.4. The number of phenolic OH excluding ortho intramolecular Hbond substituents is 1. The predicted molar refractivity (Wildman–Crippen MR) is 61.8 cm³/mol. The molecule has 2 rings (SSSR count). The van der Waals surface area contributed by atoms with Crippen molar-refractivity contribution in [1.29, 1.82) is 0 Å². The molecule has 1 aliphatic rings. The zero-order chi connectivity index (χ0) is 12.6. The van der Waals surface area contributed by atoms with Gasteiger partial charge in [0.15, 0.2) is 12.0 Å². The highest BCUT2D eigenvalue weighted by molar-refractivity contribution is 5.70. The summed E-state index contributed by atoms with van der Waals surface area (Å²) >= 11 is 0. The van der Waals surface area contributed by atoms with Crippen molar-refractivity contribution in [3.63, 3.8) is 0 Å². The number of carbonyl (C=O) groups excluding carboxylic acids is 1. The first-order valence-corrected chi connectivity index (χ1v) is 5.06. The van der Waals surface area contributed by atoms with Gasteiger partial charge < -0.3 is 19.5 Å². The van der Waals surface area contributed by atoms with E-state index in [4.69, 9.17) is 9.47 Å². The number of benzene rings is 1. The Morgan fingerprint density at radius 2 is 2.12 bits per heavy atom. The Hall–Kier alpha value is -1.97. The second-order valence-electron chi connectivity index (χ2n) is 3.76. The van der Waals surface area contributed by atoms with Crippen LogP contribution in [0.3, 0.4) is 0 Å². The molecule has 1 atom stereocenters. The van der Waals surface area contributed by atoms with Gasteiger partial charge in [0.25, 0.3) is 0 Å². The maximum Gasteiger partial charge on any atom is 0.188 e. The number of anilines is 1. The van der Waals surface area contributed by atoms with Crippen LogP contribution in [0.5, 0.6) is 5.75 Å². The Kier molecular flexibility index (Phi) is 2.79. The van der Waals surface area contributed by atoms with Gasteiger partial charge in [-0.25, -0.2) is 4.79 Å². The number of phenols is 1. The van der Waals surface area contributed by atoms with Gasteiger partial charge in [-0.1, -0.05) is 0 Å². The quantitative estimate of drug-likeness (QED) is 0.718. The number of rotatable bonds is 2. The number of hydrogen-bond donors (Lipinski definition) is 1. The van der Waals surface area contributed by atoms with Crippen molar-refractivity contribution in [3.8, 4) is 5.75 Å². The van der Waals surface area contributed by atoms with Gasteiger partial charge in [0, 0.05) is 20.2 Å². The van der Waals surface area contributed by atoms with Crippen LogP contribution in [-0.4, -0.2) is 38.5 Å². The maximum absolute atomic E-state index is 10.9. The maximum atomic E-state index is 10.9. The number of likely N-dealkylation sites (N-methyl/N-ethyl adjacent to an activating group) is 1. The minimum Gasteiger partial charge on any atom is -0.508 e. The minimum absolute atomic E-state index is 0.0150. The molecule has 1 aliphatic heterocycles. The monoisotopic (exact) mass is 235 g/mol. The summed E-state index contributed by atoms with van der Waals surface area (Å²) in [6.07, 6.45) is -0.399. The van der Waals surface area contributed by atoms with Crippen LogP contribution in [-0.2, 0) is 14.3 Å². The summed E-state index contributed by atoms with van der Waals surface area (Å²) in [5.41, 5.74) is 0.687. The van der Waals surface area contributed by atoms with E-state index in [1.807, 2.05) is 0 Å². The number of aromatic hydroxyl groups is 1. The average molecular weight is 235 g/mol. The molecule has 90 valence electrons. The van der Waals surface area contributed by atoms with Crippen molar-refractivity contribution < 1.29 is 19.4 Å². The second-order valence-corrected chi connectivity index (χ2v) is 3.76. The molecule has 0 aromatic heterocycles. The van der Waals surface area contributed by atoms with Crippen LogP contribution in [0.4, 0.5) is 5.69 Å². The Labute approximate surface area is 98.2 Å². The molecule has 5 nitrogen and oxygen atoms in total. The topological polar surface area (TPSA) is 59.0 Å². The van der Waals surface area contributed by atoms with Crippen LogP contribution in [0.1, 0.15) is 0 Å². The second kappa shape index (κ2) is 4.13. The first-order valence-electron chi connectivity index (χ1n) is 5.06. The van der Waals surface area contributed by atoms with E-state index >= 15 is 0 Å². The van der Waals surface area contributed by atoms with Crippen LogP contribution >= 0.6 is 0 Å². The summed E-state index contributed by atoms with van der Waals surface area (Å²) in [6, 6.07) is 2.92. The van der Waals surface area contributed by atoms with Gasteiger partial charge in [-0.05, 0) is 6.07 Å². The van der Waals surface area contributed by atoms with E-state index < -0.39 is 6.23 Å². The lowest BCUT2D eigenvalue weighted by atomic mass is 10.2. The van der Waals surface area contributed by atoms with Gasteiger partial charge in [0.05, 0.1) is 23.2 Å². The molecule has 1 N–H and O–H groups in total. The first kappa shape index (κ1) is 11.5. The molecule has 1 aromatic carbocycles. The number of nitrogens with zero attached hydrogens (tertiary/aromatic N) is 1. The third-order valence-electron chi connectivity index (χ3n) is 2.86. The third-order valence-corrected chi connectivity index (χ3v) is 2.86. The van der Waals surface area contributed by atoms with Crippen molar-refractivity contribution in [2.45, 2.75) is 6.23 Å². The van der Waals surface area contributed by atoms with E-state index in [1.54, 1.807) is 31.1 Å². The van der Waals surface area contributed by atoms with Crippen molar-refractivity contribution in [2.24, 2.45) is 0 Å². The van der Waals surface area contributed by atoms with Gasteiger partial charge in [-0.2, -0.15) is 0 Å². The van der Waals surface area contributed by atoms with Crippen molar-refractivity contribution in [3.05, 3.63) is 22.6 Å². The number of fused-ring (bicyclic) bond motifs is 1. The molecule has 17 heavy (non-hydrogen) atoms. The Balaban J connectivity index is 2.90. The number of hydrogen-bond acceptors (Lipinski definition) is 5. The fourth-order valence-corrected chi connectivity index (χ4v) is 2.12. The molecule has 0 saturated carbocycles. The third kappa shape index (κ3) is 1.56. The van der Waals surface area contributed by atoms with Crippen LogP contribution in [0, 0.1) is 0 Å². The van der Waals surface area contributed by atoms with Gasteiger partial charge in [0.2, 0.25) is 0 Å². The number of ether oxygens (including phenoxy) is 2. The molecule has 0 spiro atoms.